The Hall–Kier alpha value is -2.80. The van der Waals surface area contributed by atoms with Gasteiger partial charge >= 0.3 is 23.9 Å². The number of aliphatic hydroxyl groups is 2. The van der Waals surface area contributed by atoms with E-state index in [2.05, 4.69) is 45.1 Å². The summed E-state index contributed by atoms with van der Waals surface area (Å²) in [6.45, 7) is 5.94. The third kappa shape index (κ3) is 35.0. The molecular formula is C55H98O12. The lowest BCUT2D eigenvalue weighted by Crippen LogP contribution is -2.61. The van der Waals surface area contributed by atoms with Crippen LogP contribution in [0.1, 0.15) is 252 Å². The van der Waals surface area contributed by atoms with Crippen molar-refractivity contribution < 1.29 is 58.2 Å². The maximum Gasteiger partial charge on any atom is 0.335 e. The molecule has 67 heavy (non-hydrogen) atoms. The van der Waals surface area contributed by atoms with Gasteiger partial charge in [0.1, 0.15) is 18.8 Å². The third-order valence-electron chi connectivity index (χ3n) is 12.5. The smallest absolute Gasteiger partial charge is 0.335 e. The van der Waals surface area contributed by atoms with Crippen LogP contribution in [0.15, 0.2) is 24.3 Å². The molecule has 0 spiro atoms. The monoisotopic (exact) mass is 951 g/mol. The number of carbonyl (C=O) groups excluding carboxylic acids is 3. The molecule has 0 bridgehead atoms. The number of hydrogen-bond donors (Lipinski definition) is 3. The predicted molar refractivity (Wildman–Crippen MR) is 266 cm³/mol. The minimum atomic E-state index is -1.90. The van der Waals surface area contributed by atoms with E-state index < -0.39 is 67.3 Å². The van der Waals surface area contributed by atoms with Crippen molar-refractivity contribution in [1.82, 2.24) is 0 Å². The molecule has 0 aliphatic carbocycles. The summed E-state index contributed by atoms with van der Waals surface area (Å²) < 4.78 is 28.3. The first-order valence-corrected chi connectivity index (χ1v) is 27.3. The van der Waals surface area contributed by atoms with Gasteiger partial charge in [-0.05, 0) is 51.4 Å². The van der Waals surface area contributed by atoms with E-state index in [1.807, 2.05) is 0 Å². The van der Waals surface area contributed by atoms with Gasteiger partial charge in [0.05, 0.1) is 6.61 Å². The van der Waals surface area contributed by atoms with Gasteiger partial charge in [0.25, 0.3) is 0 Å². The van der Waals surface area contributed by atoms with E-state index in [4.69, 9.17) is 23.7 Å². The van der Waals surface area contributed by atoms with E-state index >= 15 is 0 Å². The molecule has 0 aromatic heterocycles. The van der Waals surface area contributed by atoms with Crippen LogP contribution in [0.2, 0.25) is 0 Å². The van der Waals surface area contributed by atoms with Crippen molar-refractivity contribution in [3.05, 3.63) is 24.3 Å². The molecule has 0 aromatic carbocycles. The van der Waals surface area contributed by atoms with Gasteiger partial charge in [-0.15, -0.1) is 0 Å². The van der Waals surface area contributed by atoms with Crippen molar-refractivity contribution in [3.63, 3.8) is 0 Å². The average molecular weight is 951 g/mol. The lowest BCUT2D eigenvalue weighted by atomic mass is 9.98. The Morgan fingerprint density at radius 3 is 1.37 bits per heavy atom. The Kier molecular flexibility index (Phi) is 41.2. The largest absolute Gasteiger partial charge is 0.479 e. The number of carbonyl (C=O) groups is 4. The highest BCUT2D eigenvalue weighted by Crippen LogP contribution is 2.26. The summed E-state index contributed by atoms with van der Waals surface area (Å²) in [7, 11) is 0. The molecule has 390 valence electrons. The second-order valence-electron chi connectivity index (χ2n) is 18.9. The summed E-state index contributed by atoms with van der Waals surface area (Å²) >= 11 is 0. The summed E-state index contributed by atoms with van der Waals surface area (Å²) in [5, 5.41) is 31.3. The second-order valence-corrected chi connectivity index (χ2v) is 18.9. The van der Waals surface area contributed by atoms with Crippen molar-refractivity contribution in [2.75, 3.05) is 13.2 Å². The molecule has 6 atom stereocenters. The lowest BCUT2D eigenvalue weighted by Gasteiger charge is -2.40. The molecule has 3 N–H and O–H groups in total. The highest BCUT2D eigenvalue weighted by Gasteiger charge is 2.50. The van der Waals surface area contributed by atoms with Gasteiger partial charge in [0.2, 0.25) is 0 Å². The average Bonchev–Trinajstić information content (AvgIpc) is 3.31. The summed E-state index contributed by atoms with van der Waals surface area (Å²) in [5.41, 5.74) is 0. The molecule has 1 saturated heterocycles. The van der Waals surface area contributed by atoms with Crippen LogP contribution >= 0.6 is 0 Å². The maximum atomic E-state index is 13.0. The fraction of sp³-hybridized carbons (Fsp3) is 0.855. The molecule has 1 rings (SSSR count). The Labute approximate surface area is 407 Å². The van der Waals surface area contributed by atoms with E-state index in [0.29, 0.717) is 19.3 Å². The number of allylic oxidation sites excluding steroid dienone is 4. The second kappa shape index (κ2) is 44.4. The number of carboxylic acid groups (broad SMARTS) is 1. The zero-order valence-electron chi connectivity index (χ0n) is 42.7. The van der Waals surface area contributed by atoms with Crippen LogP contribution in [-0.2, 0) is 42.9 Å². The number of ether oxygens (including phenoxy) is 5. The van der Waals surface area contributed by atoms with Gasteiger partial charge in [0, 0.05) is 19.3 Å². The summed E-state index contributed by atoms with van der Waals surface area (Å²) in [4.78, 5) is 50.8. The zero-order valence-corrected chi connectivity index (χ0v) is 42.7. The van der Waals surface area contributed by atoms with Crippen LogP contribution in [0.25, 0.3) is 0 Å². The number of hydrogen-bond acceptors (Lipinski definition) is 11. The molecule has 1 heterocycles. The fourth-order valence-corrected chi connectivity index (χ4v) is 8.28. The van der Waals surface area contributed by atoms with Crippen molar-refractivity contribution in [2.45, 2.75) is 289 Å². The molecule has 1 aliphatic rings. The standard InChI is InChI=1S/C55H98O12/c1-4-7-10-13-16-19-22-23-24-25-28-31-34-37-40-43-49(58)66-53-51(60)50(59)52(54(61)62)67-55(53)64-45-46(65-48(57)42-39-36-33-30-27-21-18-15-12-9-6-3)44-63-47(56)41-38-35-32-29-26-20-17-14-11-8-5-2/h16,19,23-24,46,50-53,55,59-60H,4-15,17-18,20-22,25-45H2,1-3H3,(H,61,62)/b19-16-,24-23-. The quantitative estimate of drug-likeness (QED) is 0.0228. The fourth-order valence-electron chi connectivity index (χ4n) is 8.28. The number of rotatable bonds is 46. The van der Waals surface area contributed by atoms with Crippen LogP contribution < -0.4 is 0 Å². The highest BCUT2D eigenvalue weighted by atomic mass is 16.7. The number of unbranched alkanes of at least 4 members (excludes halogenated alkanes) is 28. The van der Waals surface area contributed by atoms with Gasteiger partial charge in [0.15, 0.2) is 24.6 Å². The molecular weight excluding hydrogens is 853 g/mol. The highest BCUT2D eigenvalue weighted by molar-refractivity contribution is 5.74. The Morgan fingerprint density at radius 2 is 0.896 bits per heavy atom. The van der Waals surface area contributed by atoms with Crippen molar-refractivity contribution in [2.24, 2.45) is 0 Å². The molecule has 1 aliphatic heterocycles. The van der Waals surface area contributed by atoms with Crippen LogP contribution in [0.3, 0.4) is 0 Å². The minimum absolute atomic E-state index is 0.0489. The SMILES string of the molecule is CCCCC/C=C\C/C=C\CCCCCCCC(=O)OC1C(OCC(COC(=O)CCCCCCCCCCCCC)OC(=O)CCCCCCCCCCCCC)OC(C(=O)O)C(O)C1O. The number of carboxylic acids is 1. The Morgan fingerprint density at radius 1 is 0.493 bits per heavy atom. The van der Waals surface area contributed by atoms with Gasteiger partial charge in [-0.2, -0.15) is 0 Å². The van der Waals surface area contributed by atoms with Gasteiger partial charge in [-0.1, -0.05) is 206 Å². The van der Waals surface area contributed by atoms with Crippen molar-refractivity contribution in [1.29, 1.82) is 0 Å². The Bertz CT molecular complexity index is 1270. The molecule has 0 saturated carbocycles. The first-order chi connectivity index (χ1) is 32.6. The maximum absolute atomic E-state index is 13.0. The first kappa shape index (κ1) is 62.2. The topological polar surface area (TPSA) is 175 Å². The van der Waals surface area contributed by atoms with E-state index in [1.54, 1.807) is 0 Å². The minimum Gasteiger partial charge on any atom is -0.479 e. The van der Waals surface area contributed by atoms with Crippen molar-refractivity contribution >= 4 is 23.9 Å². The summed E-state index contributed by atoms with van der Waals surface area (Å²) in [5.74, 6) is -3.11. The summed E-state index contributed by atoms with van der Waals surface area (Å²) in [6, 6.07) is 0. The molecule has 12 heteroatoms. The molecule has 0 radical (unpaired) electrons. The Balaban J connectivity index is 2.71. The lowest BCUT2D eigenvalue weighted by molar-refractivity contribution is -0.301. The van der Waals surface area contributed by atoms with E-state index in [9.17, 15) is 34.5 Å². The zero-order chi connectivity index (χ0) is 49.0. The molecule has 0 amide bonds. The van der Waals surface area contributed by atoms with E-state index in [-0.39, 0.29) is 25.9 Å². The predicted octanol–water partition coefficient (Wildman–Crippen LogP) is 13.1. The molecule has 12 nitrogen and oxygen atoms in total. The van der Waals surface area contributed by atoms with E-state index in [1.165, 1.54) is 109 Å². The van der Waals surface area contributed by atoms with Crippen LogP contribution in [0, 0.1) is 0 Å². The van der Waals surface area contributed by atoms with Gasteiger partial charge in [-0.25, -0.2) is 4.79 Å². The number of esters is 3. The number of aliphatic carboxylic acids is 1. The summed E-state index contributed by atoms with van der Waals surface area (Å²) in [6.07, 6.45) is 35.9. The number of aliphatic hydroxyl groups excluding tert-OH is 2. The van der Waals surface area contributed by atoms with Crippen LogP contribution in [0.5, 0.6) is 0 Å². The molecule has 6 unspecified atom stereocenters. The molecule has 0 aromatic rings. The van der Waals surface area contributed by atoms with Crippen LogP contribution in [0.4, 0.5) is 0 Å². The van der Waals surface area contributed by atoms with Crippen LogP contribution in [-0.4, -0.2) is 89.2 Å². The van der Waals surface area contributed by atoms with Crippen molar-refractivity contribution in [3.8, 4) is 0 Å². The molecule has 1 fully saturated rings. The van der Waals surface area contributed by atoms with Gasteiger partial charge in [-0.3, -0.25) is 14.4 Å². The van der Waals surface area contributed by atoms with E-state index in [0.717, 1.165) is 83.5 Å². The first-order valence-electron chi connectivity index (χ1n) is 27.3. The normalized spacial score (nSPS) is 19.0. The third-order valence-corrected chi connectivity index (χ3v) is 12.5. The van der Waals surface area contributed by atoms with Gasteiger partial charge < -0.3 is 39.0 Å².